The van der Waals surface area contributed by atoms with Gasteiger partial charge in [-0.15, -0.1) is 0 Å². The van der Waals surface area contributed by atoms with Crippen molar-refractivity contribution in [1.82, 2.24) is 10.9 Å². The standard InChI is InChI=1S/C21H19ClN2O3/c1-14-11-17(9-10-19(14)22)27-13-21(26)24-23-20(25)12-16-7-4-6-15-5-2-3-8-18(15)16/h2-11H,12-13H2,1H3,(H,23,25)(H,24,26). The normalized spacial score (nSPS) is 10.4. The molecule has 0 spiro atoms. The first-order chi connectivity index (χ1) is 13.0. The molecule has 2 amide bonds. The number of halogens is 1. The van der Waals surface area contributed by atoms with Crippen LogP contribution in [-0.2, 0) is 16.0 Å². The van der Waals surface area contributed by atoms with Crippen LogP contribution < -0.4 is 15.6 Å². The van der Waals surface area contributed by atoms with Gasteiger partial charge in [0.1, 0.15) is 5.75 Å². The van der Waals surface area contributed by atoms with Gasteiger partial charge in [-0.3, -0.25) is 20.4 Å². The maximum Gasteiger partial charge on any atom is 0.276 e. The Balaban J connectivity index is 1.49. The topological polar surface area (TPSA) is 67.4 Å². The van der Waals surface area contributed by atoms with Crippen molar-refractivity contribution >= 4 is 34.2 Å². The third-order valence-corrected chi connectivity index (χ3v) is 4.50. The quantitative estimate of drug-likeness (QED) is 0.663. The highest BCUT2D eigenvalue weighted by Crippen LogP contribution is 2.21. The Kier molecular flexibility index (Phi) is 5.94. The van der Waals surface area contributed by atoms with E-state index < -0.39 is 5.91 Å². The van der Waals surface area contributed by atoms with Crippen LogP contribution in [0.5, 0.6) is 5.75 Å². The number of rotatable bonds is 5. The number of hydrogen-bond acceptors (Lipinski definition) is 3. The Morgan fingerprint density at radius 3 is 2.52 bits per heavy atom. The van der Waals surface area contributed by atoms with Crippen LogP contribution in [-0.4, -0.2) is 18.4 Å². The predicted octanol–water partition coefficient (Wildman–Crippen LogP) is 3.57. The number of hydrogen-bond donors (Lipinski definition) is 2. The van der Waals surface area contributed by atoms with Crippen LogP contribution in [0.25, 0.3) is 10.8 Å². The summed E-state index contributed by atoms with van der Waals surface area (Å²) in [7, 11) is 0. The van der Waals surface area contributed by atoms with Gasteiger partial charge in [-0.05, 0) is 47.0 Å². The fourth-order valence-corrected chi connectivity index (χ4v) is 2.81. The Morgan fingerprint density at radius 1 is 0.963 bits per heavy atom. The smallest absolute Gasteiger partial charge is 0.276 e. The molecule has 0 aliphatic rings. The number of aryl methyl sites for hydroxylation is 1. The van der Waals surface area contributed by atoms with Crippen LogP contribution in [0, 0.1) is 6.92 Å². The number of amides is 2. The molecule has 0 heterocycles. The summed E-state index contributed by atoms with van der Waals surface area (Å²) in [5, 5.41) is 2.72. The molecule has 3 rings (SSSR count). The van der Waals surface area contributed by atoms with E-state index in [4.69, 9.17) is 16.3 Å². The Morgan fingerprint density at radius 2 is 1.70 bits per heavy atom. The molecular formula is C21H19ClN2O3. The SMILES string of the molecule is Cc1cc(OCC(=O)NNC(=O)Cc2cccc3ccccc23)ccc1Cl. The summed E-state index contributed by atoms with van der Waals surface area (Å²) in [5.74, 6) is -0.218. The second-order valence-electron chi connectivity index (χ2n) is 6.11. The van der Waals surface area contributed by atoms with Crippen molar-refractivity contribution in [1.29, 1.82) is 0 Å². The van der Waals surface area contributed by atoms with Gasteiger partial charge in [-0.1, -0.05) is 54.1 Å². The van der Waals surface area contributed by atoms with E-state index in [-0.39, 0.29) is 18.9 Å². The molecule has 0 fully saturated rings. The number of fused-ring (bicyclic) bond motifs is 1. The highest BCUT2D eigenvalue weighted by molar-refractivity contribution is 6.31. The van der Waals surface area contributed by atoms with Crippen molar-refractivity contribution in [3.63, 3.8) is 0 Å². The number of ether oxygens (including phenoxy) is 1. The molecule has 0 saturated heterocycles. The van der Waals surface area contributed by atoms with E-state index in [1.165, 1.54) is 0 Å². The van der Waals surface area contributed by atoms with Gasteiger partial charge < -0.3 is 4.74 Å². The van der Waals surface area contributed by atoms with Gasteiger partial charge in [0, 0.05) is 5.02 Å². The molecule has 0 aromatic heterocycles. The Bertz CT molecular complexity index is 983. The monoisotopic (exact) mass is 382 g/mol. The minimum absolute atomic E-state index is 0.166. The number of carbonyl (C=O) groups excluding carboxylic acids is 2. The first-order valence-corrected chi connectivity index (χ1v) is 8.84. The lowest BCUT2D eigenvalue weighted by molar-refractivity contribution is -0.129. The van der Waals surface area contributed by atoms with Gasteiger partial charge in [-0.25, -0.2) is 0 Å². The molecule has 0 aliphatic heterocycles. The van der Waals surface area contributed by atoms with Crippen molar-refractivity contribution in [3.05, 3.63) is 76.8 Å². The summed E-state index contributed by atoms with van der Waals surface area (Å²) in [6.07, 6.45) is 0.166. The van der Waals surface area contributed by atoms with Crippen LogP contribution in [0.15, 0.2) is 60.7 Å². The van der Waals surface area contributed by atoms with Crippen molar-refractivity contribution in [2.24, 2.45) is 0 Å². The van der Waals surface area contributed by atoms with Crippen LogP contribution in [0.3, 0.4) is 0 Å². The second-order valence-corrected chi connectivity index (χ2v) is 6.52. The molecule has 0 saturated carbocycles. The van der Waals surface area contributed by atoms with Crippen LogP contribution >= 0.6 is 11.6 Å². The third kappa shape index (κ3) is 4.99. The minimum Gasteiger partial charge on any atom is -0.484 e. The Labute approximate surface area is 162 Å². The number of carbonyl (C=O) groups is 2. The first-order valence-electron chi connectivity index (χ1n) is 8.46. The summed E-state index contributed by atoms with van der Waals surface area (Å²) < 4.78 is 5.39. The van der Waals surface area contributed by atoms with Crippen LogP contribution in [0.4, 0.5) is 0 Å². The molecule has 0 radical (unpaired) electrons. The van der Waals surface area contributed by atoms with E-state index in [9.17, 15) is 9.59 Å². The minimum atomic E-state index is -0.450. The van der Waals surface area contributed by atoms with Gasteiger partial charge in [-0.2, -0.15) is 0 Å². The van der Waals surface area contributed by atoms with E-state index in [1.807, 2.05) is 49.4 Å². The van der Waals surface area contributed by atoms with Gasteiger partial charge in [0.2, 0.25) is 5.91 Å². The number of benzene rings is 3. The summed E-state index contributed by atoms with van der Waals surface area (Å²) in [6, 6.07) is 18.8. The fourth-order valence-electron chi connectivity index (χ4n) is 2.70. The zero-order valence-electron chi connectivity index (χ0n) is 14.8. The van der Waals surface area contributed by atoms with Crippen molar-refractivity contribution in [2.75, 3.05) is 6.61 Å². The molecule has 27 heavy (non-hydrogen) atoms. The molecule has 0 unspecified atom stereocenters. The van der Waals surface area contributed by atoms with Crippen molar-refractivity contribution in [2.45, 2.75) is 13.3 Å². The summed E-state index contributed by atoms with van der Waals surface area (Å²) in [6.45, 7) is 1.64. The van der Waals surface area contributed by atoms with Crippen molar-refractivity contribution < 1.29 is 14.3 Å². The average molecular weight is 383 g/mol. The molecule has 5 nitrogen and oxygen atoms in total. The average Bonchev–Trinajstić information content (AvgIpc) is 2.67. The van der Waals surface area contributed by atoms with Gasteiger partial charge >= 0.3 is 0 Å². The molecule has 0 aliphatic carbocycles. The molecular weight excluding hydrogens is 364 g/mol. The fraction of sp³-hybridized carbons (Fsp3) is 0.143. The maximum atomic E-state index is 12.1. The number of hydrazine groups is 1. The van der Waals surface area contributed by atoms with E-state index in [2.05, 4.69) is 10.9 Å². The third-order valence-electron chi connectivity index (χ3n) is 4.07. The van der Waals surface area contributed by atoms with E-state index in [0.29, 0.717) is 10.8 Å². The summed E-state index contributed by atoms with van der Waals surface area (Å²) in [4.78, 5) is 24.0. The highest BCUT2D eigenvalue weighted by Gasteiger charge is 2.09. The highest BCUT2D eigenvalue weighted by atomic mass is 35.5. The van der Waals surface area contributed by atoms with E-state index >= 15 is 0 Å². The van der Waals surface area contributed by atoms with Gasteiger partial charge in [0.05, 0.1) is 6.42 Å². The van der Waals surface area contributed by atoms with E-state index in [0.717, 1.165) is 21.9 Å². The molecule has 6 heteroatoms. The summed E-state index contributed by atoms with van der Waals surface area (Å²) >= 11 is 5.95. The number of nitrogens with one attached hydrogen (secondary N) is 2. The lowest BCUT2D eigenvalue weighted by atomic mass is 10.0. The first kappa shape index (κ1) is 18.7. The van der Waals surface area contributed by atoms with Crippen molar-refractivity contribution in [3.8, 4) is 5.75 Å². The largest absolute Gasteiger partial charge is 0.484 e. The maximum absolute atomic E-state index is 12.1. The lowest BCUT2D eigenvalue weighted by Crippen LogP contribution is -2.44. The summed E-state index contributed by atoms with van der Waals surface area (Å²) in [5.41, 5.74) is 6.53. The Hall–Kier alpha value is -3.05. The molecule has 3 aromatic rings. The lowest BCUT2D eigenvalue weighted by Gasteiger charge is -2.10. The predicted molar refractivity (Wildman–Crippen MR) is 106 cm³/mol. The molecule has 138 valence electrons. The second kappa shape index (κ2) is 8.56. The molecule has 3 aromatic carbocycles. The molecule has 0 bridgehead atoms. The zero-order chi connectivity index (χ0) is 19.2. The van der Waals surface area contributed by atoms with E-state index in [1.54, 1.807) is 18.2 Å². The zero-order valence-corrected chi connectivity index (χ0v) is 15.5. The van der Waals surface area contributed by atoms with Crippen LogP contribution in [0.1, 0.15) is 11.1 Å². The van der Waals surface area contributed by atoms with Crippen LogP contribution in [0.2, 0.25) is 5.02 Å². The molecule has 0 atom stereocenters. The van der Waals surface area contributed by atoms with Gasteiger partial charge in [0.15, 0.2) is 6.61 Å². The van der Waals surface area contributed by atoms with Gasteiger partial charge in [0.25, 0.3) is 5.91 Å². The molecule has 2 N–H and O–H groups in total.